The van der Waals surface area contributed by atoms with Gasteiger partial charge in [0.2, 0.25) is 0 Å². The van der Waals surface area contributed by atoms with Crippen LogP contribution in [0.15, 0.2) is 28.5 Å². The molecule has 1 aromatic rings. The number of carbonyl (C=O) groups excluding carboxylic acids is 1. The molecule has 0 bridgehead atoms. The summed E-state index contributed by atoms with van der Waals surface area (Å²) in [6, 6.07) is 0. The molecular formula is C35H53N5O6. The molecular weight excluding hydrogens is 586 g/mol. The smallest absolute Gasteiger partial charge is 0.331 e. The molecule has 5 saturated carbocycles. The van der Waals surface area contributed by atoms with Crippen LogP contribution in [-0.2, 0) is 26.4 Å². The highest BCUT2D eigenvalue weighted by Gasteiger charge is 2.75. The molecule has 11 nitrogen and oxygen atoms in total. The SMILES string of the molecule is CC(=O)O[C@H]1C[C@@]2(C)[C@@H](C[C@@H](O)[C@@H]3[C@]2(N)CC[C@@]2(n4cc(CN)nn4)[C@H](C)[C@H](O)CC[C@]32C)/C1=C(/C(=O)O)C1CCC(=C(C)C)C1. The predicted octanol–water partition coefficient (Wildman–Crippen LogP) is 3.58. The normalized spacial score (nSPS) is 44.7. The van der Waals surface area contributed by atoms with Gasteiger partial charge in [0.25, 0.3) is 0 Å². The highest BCUT2D eigenvalue weighted by atomic mass is 16.5. The number of aliphatic hydroxyl groups excluding tert-OH is 2. The third kappa shape index (κ3) is 4.44. The highest BCUT2D eigenvalue weighted by Crippen LogP contribution is 2.72. The molecule has 0 radical (unpaired) electrons. The highest BCUT2D eigenvalue weighted by molar-refractivity contribution is 5.89. The number of carboxylic acids is 1. The van der Waals surface area contributed by atoms with E-state index >= 15 is 0 Å². The molecule has 46 heavy (non-hydrogen) atoms. The van der Waals surface area contributed by atoms with Crippen molar-refractivity contribution in [1.29, 1.82) is 0 Å². The third-order valence-electron chi connectivity index (χ3n) is 13.9. The van der Waals surface area contributed by atoms with E-state index in [4.69, 9.17) is 16.2 Å². The van der Waals surface area contributed by atoms with Crippen molar-refractivity contribution in [3.8, 4) is 0 Å². The van der Waals surface area contributed by atoms with Gasteiger partial charge in [0.15, 0.2) is 0 Å². The number of carboxylic acid groups (broad SMARTS) is 1. The van der Waals surface area contributed by atoms with Crippen LogP contribution in [-0.4, -0.2) is 66.1 Å². The average Bonchev–Trinajstić information content (AvgIpc) is 3.71. The van der Waals surface area contributed by atoms with Crippen molar-refractivity contribution in [2.75, 3.05) is 0 Å². The average molecular weight is 640 g/mol. The van der Waals surface area contributed by atoms with E-state index < -0.39 is 58.1 Å². The van der Waals surface area contributed by atoms with Gasteiger partial charge in [-0.1, -0.05) is 37.1 Å². The summed E-state index contributed by atoms with van der Waals surface area (Å²) in [6.45, 7) is 12.1. The van der Waals surface area contributed by atoms with Gasteiger partial charge in [-0.25, -0.2) is 9.48 Å². The maximum atomic E-state index is 13.2. The number of hydrogen-bond acceptors (Lipinski definition) is 9. The Labute approximate surface area is 271 Å². The molecule has 5 aliphatic carbocycles. The number of ether oxygens (including phenoxy) is 1. The zero-order valence-electron chi connectivity index (χ0n) is 28.3. The van der Waals surface area contributed by atoms with Crippen molar-refractivity contribution in [3.05, 3.63) is 34.2 Å². The predicted molar refractivity (Wildman–Crippen MR) is 171 cm³/mol. The Kier molecular flexibility index (Phi) is 8.14. The molecule has 1 heterocycles. The van der Waals surface area contributed by atoms with Crippen LogP contribution >= 0.6 is 0 Å². The summed E-state index contributed by atoms with van der Waals surface area (Å²) in [7, 11) is 0. The molecule has 11 atom stereocenters. The molecule has 0 saturated heterocycles. The van der Waals surface area contributed by atoms with Gasteiger partial charge in [-0.15, -0.1) is 5.10 Å². The maximum Gasteiger partial charge on any atom is 0.331 e. The Bertz CT molecular complexity index is 1480. The van der Waals surface area contributed by atoms with Crippen LogP contribution < -0.4 is 11.5 Å². The lowest BCUT2D eigenvalue weighted by Gasteiger charge is -2.71. The van der Waals surface area contributed by atoms with Gasteiger partial charge in [0.05, 0.1) is 29.6 Å². The first-order valence-corrected chi connectivity index (χ1v) is 17.1. The number of rotatable bonds is 5. The summed E-state index contributed by atoms with van der Waals surface area (Å²) in [5, 5.41) is 43.4. The van der Waals surface area contributed by atoms with Crippen LogP contribution in [0.5, 0.6) is 0 Å². The summed E-state index contributed by atoms with van der Waals surface area (Å²) >= 11 is 0. The van der Waals surface area contributed by atoms with E-state index in [9.17, 15) is 24.9 Å². The largest absolute Gasteiger partial charge is 0.478 e. The first-order chi connectivity index (χ1) is 21.6. The third-order valence-corrected chi connectivity index (χ3v) is 13.9. The quantitative estimate of drug-likeness (QED) is 0.181. The van der Waals surface area contributed by atoms with Crippen LogP contribution in [0.25, 0.3) is 0 Å². The number of esters is 1. The van der Waals surface area contributed by atoms with Crippen molar-refractivity contribution in [2.45, 2.75) is 135 Å². The zero-order valence-corrected chi connectivity index (χ0v) is 28.3. The second kappa shape index (κ2) is 11.2. The number of fused-ring (bicyclic) bond motifs is 5. The van der Waals surface area contributed by atoms with Crippen molar-refractivity contribution in [3.63, 3.8) is 0 Å². The summed E-state index contributed by atoms with van der Waals surface area (Å²) < 4.78 is 7.89. The van der Waals surface area contributed by atoms with Crippen LogP contribution in [0.3, 0.4) is 0 Å². The lowest BCUT2D eigenvalue weighted by atomic mass is 9.36. The zero-order chi connectivity index (χ0) is 33.6. The molecule has 254 valence electrons. The first kappa shape index (κ1) is 33.3. The van der Waals surface area contributed by atoms with E-state index in [1.165, 1.54) is 18.1 Å². The Morgan fingerprint density at radius 3 is 2.39 bits per heavy atom. The second-order valence-corrected chi connectivity index (χ2v) is 15.9. The van der Waals surface area contributed by atoms with Crippen LogP contribution in [0, 0.1) is 34.5 Å². The van der Waals surface area contributed by atoms with Crippen molar-refractivity contribution >= 4 is 11.9 Å². The molecule has 11 heteroatoms. The van der Waals surface area contributed by atoms with Gasteiger partial charge in [-0.3, -0.25) is 4.79 Å². The number of aromatic nitrogens is 3. The first-order valence-electron chi connectivity index (χ1n) is 17.1. The summed E-state index contributed by atoms with van der Waals surface area (Å²) in [6.07, 6.45) is 5.00. The number of aliphatic carboxylic acids is 1. The number of aliphatic hydroxyl groups is 2. The van der Waals surface area contributed by atoms with E-state index in [0.29, 0.717) is 61.8 Å². The molecule has 5 aliphatic rings. The molecule has 0 amide bonds. The molecule has 1 aromatic heterocycles. The van der Waals surface area contributed by atoms with Gasteiger partial charge < -0.3 is 31.5 Å². The van der Waals surface area contributed by atoms with Crippen molar-refractivity contribution < 1.29 is 29.6 Å². The Morgan fingerprint density at radius 2 is 1.80 bits per heavy atom. The lowest BCUT2D eigenvalue weighted by Crippen LogP contribution is -2.78. The summed E-state index contributed by atoms with van der Waals surface area (Å²) in [5.41, 5.74) is 15.0. The van der Waals surface area contributed by atoms with E-state index in [2.05, 4.69) is 44.9 Å². The van der Waals surface area contributed by atoms with Crippen molar-refractivity contribution in [2.24, 2.45) is 46.0 Å². The molecule has 0 aliphatic heterocycles. The van der Waals surface area contributed by atoms with E-state index in [0.717, 1.165) is 12.8 Å². The fourth-order valence-electron chi connectivity index (χ4n) is 11.6. The number of nitrogens with zero attached hydrogens (tertiary/aromatic N) is 3. The number of allylic oxidation sites excluding steroid dienone is 2. The molecule has 0 spiro atoms. The lowest BCUT2D eigenvalue weighted by molar-refractivity contribution is -0.237. The summed E-state index contributed by atoms with van der Waals surface area (Å²) in [4.78, 5) is 25.7. The fourth-order valence-corrected chi connectivity index (χ4v) is 11.6. The van der Waals surface area contributed by atoms with Gasteiger partial charge in [0.1, 0.15) is 6.10 Å². The van der Waals surface area contributed by atoms with E-state index in [-0.39, 0.29) is 24.3 Å². The Morgan fingerprint density at radius 1 is 1.09 bits per heavy atom. The summed E-state index contributed by atoms with van der Waals surface area (Å²) in [5.74, 6) is -2.59. The molecule has 6 rings (SSSR count). The standard InChI is InChI=1S/C35H53N5O6/c1-18(2)21-7-8-22(13-21)28(31(44)45)29-24-14-26(43)30-32(5)10-9-25(42)19(3)35(32,40-17-23(16-36)38-39-40)12-11-34(30,37)33(24,6)15-27(29)46-20(4)41/h17,19,22,24-27,30,42-43H,7-16,36-37H2,1-6H3,(H,44,45)/b29-28-/t19-,22?,24+,25-,26-,27+,30+,32-,33+,34-,35-/m1/s1. The molecule has 1 unspecified atom stereocenters. The van der Waals surface area contributed by atoms with E-state index in [1.54, 1.807) is 0 Å². The fraction of sp³-hybridized carbons (Fsp3) is 0.771. The van der Waals surface area contributed by atoms with Gasteiger partial charge >= 0.3 is 11.9 Å². The number of hydrogen-bond donors (Lipinski definition) is 5. The Balaban J connectivity index is 1.51. The molecule has 0 aromatic carbocycles. The minimum Gasteiger partial charge on any atom is -0.478 e. The maximum absolute atomic E-state index is 13.2. The second-order valence-electron chi connectivity index (χ2n) is 15.9. The van der Waals surface area contributed by atoms with Gasteiger partial charge in [-0.05, 0) is 94.5 Å². The Hall–Kier alpha value is -2.60. The van der Waals surface area contributed by atoms with Gasteiger partial charge in [0, 0.05) is 41.8 Å². The molecule has 7 N–H and O–H groups in total. The minimum absolute atomic E-state index is 0.192. The van der Waals surface area contributed by atoms with Gasteiger partial charge in [-0.2, -0.15) is 0 Å². The molecule has 5 fully saturated rings. The monoisotopic (exact) mass is 639 g/mol. The van der Waals surface area contributed by atoms with Crippen LogP contribution in [0.1, 0.15) is 105 Å². The number of carbonyl (C=O) groups is 2. The van der Waals surface area contributed by atoms with Crippen molar-refractivity contribution in [1.82, 2.24) is 15.0 Å². The van der Waals surface area contributed by atoms with Crippen LogP contribution in [0.4, 0.5) is 0 Å². The van der Waals surface area contributed by atoms with Crippen LogP contribution in [0.2, 0.25) is 0 Å². The number of nitrogens with two attached hydrogens (primary N) is 2. The topological polar surface area (TPSA) is 187 Å². The van der Waals surface area contributed by atoms with E-state index in [1.807, 2.05) is 10.9 Å². The minimum atomic E-state index is -0.981.